The Morgan fingerprint density at radius 2 is 0.903 bits per heavy atom. The number of unbranched alkanes of at least 4 members (excludes halogenated alkanes) is 2. The fourth-order valence-corrected chi connectivity index (χ4v) is 5.41. The average Bonchev–Trinajstić information content (AvgIpc) is 3.26. The second kappa shape index (κ2) is 45.3. The van der Waals surface area contributed by atoms with Crippen LogP contribution in [0.1, 0.15) is 136 Å². The summed E-state index contributed by atoms with van der Waals surface area (Å²) < 4.78 is 5.82. The van der Waals surface area contributed by atoms with Crippen LogP contribution in [-0.4, -0.2) is 59.3 Å². The van der Waals surface area contributed by atoms with E-state index in [0.29, 0.717) is 38.5 Å². The fraction of sp³-hybridized carbons (Fsp3) is 0.472. The first-order valence-corrected chi connectivity index (χ1v) is 22.7. The molecule has 0 saturated heterocycles. The summed E-state index contributed by atoms with van der Waals surface area (Å²) in [7, 11) is 0. The quantitative estimate of drug-likeness (QED) is 0.0275. The van der Waals surface area contributed by atoms with Crippen LogP contribution in [0.25, 0.3) is 0 Å². The maximum absolute atomic E-state index is 12.8. The minimum atomic E-state index is -1.43. The molecule has 0 radical (unpaired) electrons. The molecule has 2 amide bonds. The minimum Gasteiger partial charge on any atom is -0.480 e. The largest absolute Gasteiger partial charge is 0.480 e. The molecule has 0 aromatic rings. The Kier molecular flexibility index (Phi) is 41.4. The highest BCUT2D eigenvalue weighted by atomic mass is 16.5. The summed E-state index contributed by atoms with van der Waals surface area (Å²) in [6, 6.07) is -1.43. The number of carboxylic acids is 1. The molecule has 0 heterocycles. The van der Waals surface area contributed by atoms with Crippen molar-refractivity contribution in [2.24, 2.45) is 0 Å². The number of esters is 1. The number of allylic oxidation sites excluding steroid dienone is 23. The zero-order chi connectivity index (χ0) is 45.4. The first-order chi connectivity index (χ1) is 30.3. The lowest BCUT2D eigenvalue weighted by Crippen LogP contribution is -2.47. The van der Waals surface area contributed by atoms with Crippen molar-refractivity contribution in [3.63, 3.8) is 0 Å². The molecule has 0 bridgehead atoms. The van der Waals surface area contributed by atoms with Gasteiger partial charge in [-0.05, 0) is 115 Å². The van der Waals surface area contributed by atoms with Gasteiger partial charge in [0, 0.05) is 12.8 Å². The van der Waals surface area contributed by atoms with Gasteiger partial charge in [-0.2, -0.15) is 0 Å². The van der Waals surface area contributed by atoms with Crippen LogP contribution in [0.5, 0.6) is 0 Å². The van der Waals surface area contributed by atoms with E-state index in [1.54, 1.807) is 0 Å². The molecule has 0 fully saturated rings. The van der Waals surface area contributed by atoms with Crippen molar-refractivity contribution < 1.29 is 34.1 Å². The number of amides is 2. The van der Waals surface area contributed by atoms with Gasteiger partial charge in [-0.3, -0.25) is 14.4 Å². The molecule has 0 spiro atoms. The SMILES string of the molecule is CC/C=C\C/C=C\C/C=C\C/C=C\C/C=C\C/C=C\C/C=C\CCCC(=O)OC(/C=C\C/C=C\C/C=C\C/C=C\C/C=C\CC)CCCCC(=O)NCC(=O)NC(CO)C(=O)O. The number of aliphatic carboxylic acids is 1. The van der Waals surface area contributed by atoms with Crippen molar-refractivity contribution >= 4 is 23.8 Å². The van der Waals surface area contributed by atoms with Crippen LogP contribution in [0.15, 0.2) is 146 Å². The fourth-order valence-electron chi connectivity index (χ4n) is 5.41. The Hall–Kier alpha value is -5.28. The smallest absolute Gasteiger partial charge is 0.328 e. The Bertz CT molecular complexity index is 1540. The lowest BCUT2D eigenvalue weighted by atomic mass is 10.1. The molecule has 9 nitrogen and oxygen atoms in total. The van der Waals surface area contributed by atoms with E-state index in [9.17, 15) is 19.2 Å². The van der Waals surface area contributed by atoms with Gasteiger partial charge in [0.25, 0.3) is 0 Å². The Balaban J connectivity index is 4.62. The van der Waals surface area contributed by atoms with E-state index < -0.39 is 30.6 Å². The molecule has 342 valence electrons. The van der Waals surface area contributed by atoms with Crippen molar-refractivity contribution in [1.82, 2.24) is 10.6 Å². The molecule has 0 aliphatic rings. The number of carbonyl (C=O) groups is 4. The number of carboxylic acid groups (broad SMARTS) is 1. The summed E-state index contributed by atoms with van der Waals surface area (Å²) in [6.07, 6.45) is 66.0. The van der Waals surface area contributed by atoms with Gasteiger partial charge in [0.2, 0.25) is 11.8 Å². The first-order valence-electron chi connectivity index (χ1n) is 22.7. The molecule has 0 saturated carbocycles. The van der Waals surface area contributed by atoms with Gasteiger partial charge in [-0.15, -0.1) is 0 Å². The van der Waals surface area contributed by atoms with E-state index in [1.807, 2.05) is 12.2 Å². The molecule has 0 aliphatic carbocycles. The molecule has 0 aromatic carbocycles. The van der Waals surface area contributed by atoms with Crippen LogP contribution in [0, 0.1) is 0 Å². The van der Waals surface area contributed by atoms with Gasteiger partial charge in [0.15, 0.2) is 0 Å². The summed E-state index contributed by atoms with van der Waals surface area (Å²) in [6.45, 7) is 3.14. The molecule has 2 atom stereocenters. The van der Waals surface area contributed by atoms with Gasteiger partial charge in [-0.25, -0.2) is 4.79 Å². The number of rotatable bonds is 38. The summed E-state index contributed by atoms with van der Waals surface area (Å²) in [4.78, 5) is 47.9. The van der Waals surface area contributed by atoms with Gasteiger partial charge < -0.3 is 25.6 Å². The van der Waals surface area contributed by atoms with Gasteiger partial charge in [0.1, 0.15) is 12.1 Å². The first kappa shape index (κ1) is 56.7. The number of nitrogens with one attached hydrogen (secondary N) is 2. The molecule has 0 aromatic heterocycles. The van der Waals surface area contributed by atoms with E-state index in [2.05, 4.69) is 158 Å². The van der Waals surface area contributed by atoms with E-state index in [-0.39, 0.29) is 24.8 Å². The van der Waals surface area contributed by atoms with Crippen molar-refractivity contribution in [3.8, 4) is 0 Å². The van der Waals surface area contributed by atoms with Crippen LogP contribution in [0.4, 0.5) is 0 Å². The second-order valence-electron chi connectivity index (χ2n) is 14.4. The molecule has 9 heteroatoms. The van der Waals surface area contributed by atoms with Gasteiger partial charge in [0.05, 0.1) is 13.2 Å². The molecular formula is C53H78N2O7. The van der Waals surface area contributed by atoms with Crippen molar-refractivity contribution in [2.45, 2.75) is 148 Å². The van der Waals surface area contributed by atoms with Crippen LogP contribution in [-0.2, 0) is 23.9 Å². The predicted molar refractivity (Wildman–Crippen MR) is 258 cm³/mol. The lowest BCUT2D eigenvalue weighted by molar-refractivity contribution is -0.147. The third-order valence-electron chi connectivity index (χ3n) is 8.82. The monoisotopic (exact) mass is 855 g/mol. The summed E-state index contributed by atoms with van der Waals surface area (Å²) in [5.74, 6) is -2.68. The number of aliphatic hydroxyl groups excluding tert-OH is 1. The van der Waals surface area contributed by atoms with E-state index in [4.69, 9.17) is 14.9 Å². The van der Waals surface area contributed by atoms with Crippen LogP contribution >= 0.6 is 0 Å². The Labute approximate surface area is 374 Å². The molecule has 2 unspecified atom stereocenters. The summed E-state index contributed by atoms with van der Waals surface area (Å²) >= 11 is 0. The zero-order valence-electron chi connectivity index (χ0n) is 37.8. The standard InChI is InChI=1S/C53H78N2O7/c1-3-5-7-9-11-13-15-17-19-20-21-22-23-24-25-26-27-29-31-33-35-37-39-45-52(59)62-48(42-38-36-34-32-30-28-18-16-14-12-10-8-6-4-2)43-40-41-44-50(57)54-46-51(58)55-49(47-56)53(60)61/h5-8,11-14,17-19,21-22,24-25,27-29,32-35,38,42,48-49,56H,3-4,9-10,15-16,20,23,26,30-31,36-37,39-41,43-47H2,1-2H3,(H,54,57)(H,55,58)(H,60,61)/b7-5-,8-6-,13-11-,14-12-,19-17-,22-21-,25-24-,28-18-,29-27-,34-32-,35-33-,42-38-. The van der Waals surface area contributed by atoms with Crippen molar-refractivity contribution in [3.05, 3.63) is 146 Å². The number of carbonyl (C=O) groups excluding carboxylic acids is 3. The molecule has 62 heavy (non-hydrogen) atoms. The third-order valence-corrected chi connectivity index (χ3v) is 8.82. The van der Waals surface area contributed by atoms with E-state index in [1.165, 1.54) is 0 Å². The molecule has 0 aliphatic heterocycles. The number of hydrogen-bond acceptors (Lipinski definition) is 6. The van der Waals surface area contributed by atoms with Crippen molar-refractivity contribution in [1.29, 1.82) is 0 Å². The number of ether oxygens (including phenoxy) is 1. The van der Waals surface area contributed by atoms with Gasteiger partial charge in [-0.1, -0.05) is 154 Å². The minimum absolute atomic E-state index is 0.160. The normalized spacial score (nSPS) is 13.9. The maximum atomic E-state index is 12.8. The van der Waals surface area contributed by atoms with Crippen molar-refractivity contribution in [2.75, 3.05) is 13.2 Å². The van der Waals surface area contributed by atoms with Crippen LogP contribution in [0.3, 0.4) is 0 Å². The molecule has 4 N–H and O–H groups in total. The summed E-state index contributed by atoms with van der Waals surface area (Å²) in [5.41, 5.74) is 0. The van der Waals surface area contributed by atoms with Gasteiger partial charge >= 0.3 is 11.9 Å². The predicted octanol–water partition coefficient (Wildman–Crippen LogP) is 11.7. The lowest BCUT2D eigenvalue weighted by Gasteiger charge is -2.15. The molecular weight excluding hydrogens is 777 g/mol. The summed E-state index contributed by atoms with van der Waals surface area (Å²) in [5, 5.41) is 22.6. The van der Waals surface area contributed by atoms with Crippen LogP contribution in [0.2, 0.25) is 0 Å². The second-order valence-corrected chi connectivity index (χ2v) is 14.4. The Morgan fingerprint density at radius 3 is 1.31 bits per heavy atom. The highest BCUT2D eigenvalue weighted by molar-refractivity contribution is 5.87. The highest BCUT2D eigenvalue weighted by Crippen LogP contribution is 2.12. The number of hydrogen-bond donors (Lipinski definition) is 4. The molecule has 0 rings (SSSR count). The topological polar surface area (TPSA) is 142 Å². The average molecular weight is 855 g/mol. The van der Waals surface area contributed by atoms with E-state index in [0.717, 1.165) is 77.0 Å². The van der Waals surface area contributed by atoms with E-state index >= 15 is 0 Å². The third kappa shape index (κ3) is 41.5. The number of aliphatic hydroxyl groups is 1. The zero-order valence-corrected chi connectivity index (χ0v) is 37.8. The maximum Gasteiger partial charge on any atom is 0.328 e. The highest BCUT2D eigenvalue weighted by Gasteiger charge is 2.19. The Morgan fingerprint density at radius 1 is 0.500 bits per heavy atom. The van der Waals surface area contributed by atoms with Crippen LogP contribution < -0.4 is 10.6 Å².